The Labute approximate surface area is 120 Å². The maximum Gasteiger partial charge on any atom is 0.330 e. The highest BCUT2D eigenvalue weighted by atomic mass is 16.5. The zero-order valence-electron chi connectivity index (χ0n) is 12.0. The van der Waals surface area contributed by atoms with E-state index >= 15 is 0 Å². The third-order valence-electron chi connectivity index (χ3n) is 3.29. The maximum atomic E-state index is 11.2. The molecule has 1 N–H and O–H groups in total. The van der Waals surface area contributed by atoms with Gasteiger partial charge in [-0.15, -0.1) is 0 Å². The average molecular weight is 274 g/mol. The molecule has 1 aliphatic heterocycles. The number of ether oxygens (including phenoxy) is 1. The monoisotopic (exact) mass is 274 g/mol. The van der Waals surface area contributed by atoms with Crippen molar-refractivity contribution in [3.8, 4) is 0 Å². The third-order valence-corrected chi connectivity index (χ3v) is 3.29. The molecule has 0 radical (unpaired) electrons. The number of carbonyl (C=O) groups is 1. The van der Waals surface area contributed by atoms with Crippen molar-refractivity contribution in [3.63, 3.8) is 0 Å². The Morgan fingerprint density at radius 3 is 2.65 bits per heavy atom. The number of rotatable bonds is 5. The minimum Gasteiger partial charge on any atom is -0.463 e. The summed E-state index contributed by atoms with van der Waals surface area (Å²) in [6.07, 6.45) is 3.25. The second kappa shape index (κ2) is 7.82. The summed E-state index contributed by atoms with van der Waals surface area (Å²) in [6, 6.07) is 8.31. The zero-order valence-corrected chi connectivity index (χ0v) is 12.0. The second-order valence-corrected chi connectivity index (χ2v) is 4.85. The Hall–Kier alpha value is -1.65. The number of hydrogen-bond acceptors (Lipinski definition) is 4. The van der Waals surface area contributed by atoms with Gasteiger partial charge in [-0.3, -0.25) is 4.90 Å². The molecule has 0 saturated carbocycles. The molecular weight excluding hydrogens is 252 g/mol. The van der Waals surface area contributed by atoms with E-state index in [0.717, 1.165) is 38.3 Å². The predicted octanol–water partition coefficient (Wildman–Crippen LogP) is 1.67. The summed E-state index contributed by atoms with van der Waals surface area (Å²) in [4.78, 5) is 13.7. The SMILES string of the molecule is CCOC(=O)/C=C/c1ccc(CN2CCNCC2)cc1. The molecule has 108 valence electrons. The fraction of sp³-hybridized carbons (Fsp3) is 0.438. The van der Waals surface area contributed by atoms with Crippen LogP contribution in [-0.2, 0) is 16.1 Å². The van der Waals surface area contributed by atoms with Crippen LogP contribution in [0.3, 0.4) is 0 Å². The highest BCUT2D eigenvalue weighted by Crippen LogP contribution is 2.09. The van der Waals surface area contributed by atoms with Crippen LogP contribution in [0.1, 0.15) is 18.1 Å². The molecule has 0 bridgehead atoms. The highest BCUT2D eigenvalue weighted by molar-refractivity contribution is 5.86. The number of nitrogens with one attached hydrogen (secondary N) is 1. The molecule has 0 spiro atoms. The fourth-order valence-corrected chi connectivity index (χ4v) is 2.22. The Morgan fingerprint density at radius 1 is 1.30 bits per heavy atom. The smallest absolute Gasteiger partial charge is 0.330 e. The van der Waals surface area contributed by atoms with Crippen LogP contribution in [0.4, 0.5) is 0 Å². The lowest BCUT2D eigenvalue weighted by atomic mass is 10.1. The van der Waals surface area contributed by atoms with Gasteiger partial charge in [-0.2, -0.15) is 0 Å². The Kier molecular flexibility index (Phi) is 5.77. The van der Waals surface area contributed by atoms with Crippen molar-refractivity contribution >= 4 is 12.0 Å². The summed E-state index contributed by atoms with van der Waals surface area (Å²) in [5.74, 6) is -0.294. The van der Waals surface area contributed by atoms with Gasteiger partial charge in [0.15, 0.2) is 0 Å². The molecule has 2 rings (SSSR count). The second-order valence-electron chi connectivity index (χ2n) is 4.85. The van der Waals surface area contributed by atoms with E-state index in [4.69, 9.17) is 4.74 Å². The Balaban J connectivity index is 1.87. The van der Waals surface area contributed by atoms with Crippen LogP contribution in [0, 0.1) is 0 Å². The summed E-state index contributed by atoms with van der Waals surface area (Å²) in [6.45, 7) is 7.54. The number of hydrogen-bond donors (Lipinski definition) is 1. The molecule has 0 aliphatic carbocycles. The molecule has 0 atom stereocenters. The van der Waals surface area contributed by atoms with Gasteiger partial charge in [0, 0.05) is 38.8 Å². The van der Waals surface area contributed by atoms with Gasteiger partial charge in [-0.1, -0.05) is 24.3 Å². The van der Waals surface area contributed by atoms with E-state index in [1.54, 1.807) is 13.0 Å². The zero-order chi connectivity index (χ0) is 14.2. The van der Waals surface area contributed by atoms with Gasteiger partial charge in [0.2, 0.25) is 0 Å². The molecule has 4 nitrogen and oxygen atoms in total. The summed E-state index contributed by atoms with van der Waals surface area (Å²) >= 11 is 0. The number of benzene rings is 1. The first-order chi connectivity index (χ1) is 9.78. The van der Waals surface area contributed by atoms with E-state index in [1.165, 1.54) is 11.6 Å². The number of esters is 1. The van der Waals surface area contributed by atoms with E-state index in [1.807, 2.05) is 12.1 Å². The van der Waals surface area contributed by atoms with Crippen molar-refractivity contribution < 1.29 is 9.53 Å². The molecule has 4 heteroatoms. The molecule has 1 aliphatic rings. The first-order valence-electron chi connectivity index (χ1n) is 7.15. The molecule has 1 heterocycles. The van der Waals surface area contributed by atoms with Crippen LogP contribution in [-0.4, -0.2) is 43.7 Å². The van der Waals surface area contributed by atoms with Crippen molar-refractivity contribution in [3.05, 3.63) is 41.5 Å². The molecular formula is C16H22N2O2. The maximum absolute atomic E-state index is 11.2. The van der Waals surface area contributed by atoms with Gasteiger partial charge < -0.3 is 10.1 Å². The molecule has 1 saturated heterocycles. The molecule has 0 unspecified atom stereocenters. The largest absolute Gasteiger partial charge is 0.463 e. The van der Waals surface area contributed by atoms with E-state index in [0.29, 0.717) is 6.61 Å². The van der Waals surface area contributed by atoms with Gasteiger partial charge in [-0.25, -0.2) is 4.79 Å². The standard InChI is InChI=1S/C16H22N2O2/c1-2-20-16(19)8-7-14-3-5-15(6-4-14)13-18-11-9-17-10-12-18/h3-8,17H,2,9-13H2,1H3/b8-7+. The highest BCUT2D eigenvalue weighted by Gasteiger charge is 2.09. The summed E-state index contributed by atoms with van der Waals surface area (Å²) in [5, 5.41) is 3.35. The minimum atomic E-state index is -0.294. The molecule has 1 aromatic carbocycles. The first kappa shape index (κ1) is 14.8. The predicted molar refractivity (Wildman–Crippen MR) is 80.3 cm³/mol. The Morgan fingerprint density at radius 2 is 2.00 bits per heavy atom. The van der Waals surface area contributed by atoms with Gasteiger partial charge in [0.05, 0.1) is 6.61 Å². The number of carbonyl (C=O) groups excluding carboxylic acids is 1. The molecule has 0 amide bonds. The van der Waals surface area contributed by atoms with E-state index in [2.05, 4.69) is 22.3 Å². The van der Waals surface area contributed by atoms with Crippen molar-refractivity contribution in [1.82, 2.24) is 10.2 Å². The minimum absolute atomic E-state index is 0.294. The molecule has 1 aromatic rings. The quantitative estimate of drug-likeness (QED) is 0.655. The lowest BCUT2D eigenvalue weighted by Gasteiger charge is -2.27. The van der Waals surface area contributed by atoms with Crippen LogP contribution in [0.15, 0.2) is 30.3 Å². The average Bonchev–Trinajstić information content (AvgIpc) is 2.48. The molecule has 20 heavy (non-hydrogen) atoms. The van der Waals surface area contributed by atoms with Gasteiger partial charge in [-0.05, 0) is 24.1 Å². The number of nitrogens with zero attached hydrogens (tertiary/aromatic N) is 1. The normalized spacial score (nSPS) is 16.4. The van der Waals surface area contributed by atoms with Crippen LogP contribution in [0.2, 0.25) is 0 Å². The van der Waals surface area contributed by atoms with Gasteiger partial charge in [0.1, 0.15) is 0 Å². The van der Waals surface area contributed by atoms with Crippen molar-refractivity contribution in [2.24, 2.45) is 0 Å². The lowest BCUT2D eigenvalue weighted by molar-refractivity contribution is -0.137. The van der Waals surface area contributed by atoms with E-state index in [-0.39, 0.29) is 5.97 Å². The topological polar surface area (TPSA) is 41.6 Å². The Bertz CT molecular complexity index is 448. The number of piperazine rings is 1. The van der Waals surface area contributed by atoms with Gasteiger partial charge in [0.25, 0.3) is 0 Å². The summed E-state index contributed by atoms with van der Waals surface area (Å²) in [7, 11) is 0. The van der Waals surface area contributed by atoms with Crippen molar-refractivity contribution in [2.45, 2.75) is 13.5 Å². The van der Waals surface area contributed by atoms with E-state index < -0.39 is 0 Å². The lowest BCUT2D eigenvalue weighted by Crippen LogP contribution is -2.42. The summed E-state index contributed by atoms with van der Waals surface area (Å²) in [5.41, 5.74) is 2.32. The first-order valence-corrected chi connectivity index (χ1v) is 7.15. The molecule has 1 fully saturated rings. The van der Waals surface area contributed by atoms with Gasteiger partial charge >= 0.3 is 5.97 Å². The van der Waals surface area contributed by atoms with Crippen molar-refractivity contribution in [1.29, 1.82) is 0 Å². The van der Waals surface area contributed by atoms with Crippen LogP contribution < -0.4 is 5.32 Å². The van der Waals surface area contributed by atoms with Crippen LogP contribution in [0.5, 0.6) is 0 Å². The van der Waals surface area contributed by atoms with Crippen LogP contribution >= 0.6 is 0 Å². The van der Waals surface area contributed by atoms with Crippen LogP contribution in [0.25, 0.3) is 6.08 Å². The summed E-state index contributed by atoms with van der Waals surface area (Å²) < 4.78 is 4.85. The third kappa shape index (κ3) is 4.79. The molecule has 0 aromatic heterocycles. The van der Waals surface area contributed by atoms with E-state index in [9.17, 15) is 4.79 Å². The fourth-order valence-electron chi connectivity index (χ4n) is 2.22. The van der Waals surface area contributed by atoms with Crippen molar-refractivity contribution in [2.75, 3.05) is 32.8 Å².